The zero-order chi connectivity index (χ0) is 13.7. The molecular formula is C15H25N3O. The van der Waals surface area contributed by atoms with Gasteiger partial charge in [0.25, 0.3) is 0 Å². The van der Waals surface area contributed by atoms with Crippen molar-refractivity contribution >= 4 is 11.5 Å². The van der Waals surface area contributed by atoms with Crippen LogP contribution < -0.4 is 10.2 Å². The molecule has 0 spiro atoms. The summed E-state index contributed by atoms with van der Waals surface area (Å²) < 4.78 is 0. The number of hydrogen-bond acceptors (Lipinski definition) is 4. The second-order valence-corrected chi connectivity index (χ2v) is 5.43. The molecule has 2 N–H and O–H groups in total. The van der Waals surface area contributed by atoms with E-state index >= 15 is 0 Å². The van der Waals surface area contributed by atoms with Crippen molar-refractivity contribution in [1.29, 1.82) is 0 Å². The number of aliphatic hydroxyl groups excluding tert-OH is 1. The first kappa shape index (κ1) is 14.1. The number of pyridine rings is 1. The molecule has 1 aromatic rings. The third-order valence-electron chi connectivity index (χ3n) is 3.67. The Morgan fingerprint density at radius 3 is 2.89 bits per heavy atom. The van der Waals surface area contributed by atoms with Crippen LogP contribution in [0.2, 0.25) is 0 Å². The Hall–Kier alpha value is -1.29. The van der Waals surface area contributed by atoms with E-state index in [1.54, 1.807) is 0 Å². The Bertz CT molecular complexity index is 389. The van der Waals surface area contributed by atoms with Gasteiger partial charge in [0.05, 0.1) is 11.8 Å². The second kappa shape index (κ2) is 6.75. The van der Waals surface area contributed by atoms with Crippen molar-refractivity contribution in [1.82, 2.24) is 4.98 Å². The lowest BCUT2D eigenvalue weighted by atomic mass is 10.1. The van der Waals surface area contributed by atoms with E-state index in [-0.39, 0.29) is 6.10 Å². The highest BCUT2D eigenvalue weighted by Crippen LogP contribution is 2.26. The number of nitrogens with one attached hydrogen (secondary N) is 1. The molecule has 19 heavy (non-hydrogen) atoms. The van der Waals surface area contributed by atoms with Gasteiger partial charge in [-0.05, 0) is 38.3 Å². The smallest absolute Gasteiger partial charge is 0.151 e. The van der Waals surface area contributed by atoms with Gasteiger partial charge in [-0.15, -0.1) is 0 Å². The summed E-state index contributed by atoms with van der Waals surface area (Å²) in [6.45, 7) is 6.18. The third kappa shape index (κ3) is 3.83. The number of piperidine rings is 1. The van der Waals surface area contributed by atoms with E-state index in [0.717, 1.165) is 43.9 Å². The van der Waals surface area contributed by atoms with Gasteiger partial charge in [-0.25, -0.2) is 4.98 Å². The highest BCUT2D eigenvalue weighted by molar-refractivity contribution is 5.65. The third-order valence-corrected chi connectivity index (χ3v) is 3.67. The van der Waals surface area contributed by atoms with Crippen LogP contribution in [-0.4, -0.2) is 35.3 Å². The molecule has 4 heteroatoms. The van der Waals surface area contributed by atoms with Crippen LogP contribution in [0, 0.1) is 0 Å². The fourth-order valence-electron chi connectivity index (χ4n) is 2.61. The highest BCUT2D eigenvalue weighted by atomic mass is 16.3. The zero-order valence-corrected chi connectivity index (χ0v) is 12.0. The van der Waals surface area contributed by atoms with Crippen LogP contribution in [-0.2, 0) is 0 Å². The van der Waals surface area contributed by atoms with Gasteiger partial charge in [0.1, 0.15) is 0 Å². The number of rotatable bonds is 5. The van der Waals surface area contributed by atoms with Crippen LogP contribution in [0.4, 0.5) is 11.5 Å². The topological polar surface area (TPSA) is 48.4 Å². The predicted octanol–water partition coefficient (Wildman–Crippen LogP) is 2.64. The molecule has 1 aliphatic rings. The first-order chi connectivity index (χ1) is 9.20. The van der Waals surface area contributed by atoms with Crippen LogP contribution in [0.15, 0.2) is 18.3 Å². The number of aromatic nitrogens is 1. The van der Waals surface area contributed by atoms with Crippen LogP contribution in [0.1, 0.15) is 39.5 Å². The molecule has 1 unspecified atom stereocenters. The fraction of sp³-hybridized carbons (Fsp3) is 0.667. The minimum atomic E-state index is -0.143. The van der Waals surface area contributed by atoms with E-state index in [9.17, 15) is 5.11 Å². The Balaban J connectivity index is 2.07. The molecule has 2 rings (SSSR count). The summed E-state index contributed by atoms with van der Waals surface area (Å²) in [4.78, 5) is 6.79. The van der Waals surface area contributed by atoms with Crippen molar-refractivity contribution in [2.24, 2.45) is 0 Å². The Labute approximate surface area is 115 Å². The minimum absolute atomic E-state index is 0.143. The quantitative estimate of drug-likeness (QED) is 0.857. The molecule has 0 amide bonds. The molecule has 106 valence electrons. The van der Waals surface area contributed by atoms with E-state index in [2.05, 4.69) is 35.1 Å². The summed E-state index contributed by atoms with van der Waals surface area (Å²) in [6.07, 6.45) is 5.71. The average molecular weight is 263 g/mol. The summed E-state index contributed by atoms with van der Waals surface area (Å²) in [6, 6.07) is 4.53. The Morgan fingerprint density at radius 1 is 1.47 bits per heavy atom. The summed E-state index contributed by atoms with van der Waals surface area (Å²) in [7, 11) is 0. The Morgan fingerprint density at radius 2 is 2.21 bits per heavy atom. The Kier molecular flexibility index (Phi) is 5.02. The van der Waals surface area contributed by atoms with Crippen LogP contribution in [0.3, 0.4) is 0 Å². The maximum atomic E-state index is 9.60. The number of anilines is 2. The van der Waals surface area contributed by atoms with Crippen molar-refractivity contribution in [2.45, 2.75) is 51.7 Å². The first-order valence-electron chi connectivity index (χ1n) is 7.35. The molecular weight excluding hydrogens is 238 g/mol. The number of nitrogens with zero attached hydrogens (tertiary/aromatic N) is 2. The molecule has 0 bridgehead atoms. The van der Waals surface area contributed by atoms with Crippen molar-refractivity contribution in [3.8, 4) is 0 Å². The average Bonchev–Trinajstić information content (AvgIpc) is 2.41. The molecule has 4 nitrogen and oxygen atoms in total. The highest BCUT2D eigenvalue weighted by Gasteiger charge is 2.20. The minimum Gasteiger partial charge on any atom is -0.393 e. The van der Waals surface area contributed by atoms with Gasteiger partial charge in [0, 0.05) is 25.3 Å². The standard InChI is InChI=1S/C15H25N3O/c1-3-5-12(2)17-14-6-4-9-16-15(14)18-10-7-13(19)8-11-18/h4,6,9,12-13,17,19H,3,5,7-8,10-11H2,1-2H3. The van der Waals surface area contributed by atoms with Crippen molar-refractivity contribution in [3.05, 3.63) is 18.3 Å². The fourth-order valence-corrected chi connectivity index (χ4v) is 2.61. The molecule has 0 radical (unpaired) electrons. The summed E-state index contributed by atoms with van der Waals surface area (Å²) >= 11 is 0. The van der Waals surface area contributed by atoms with Crippen LogP contribution in [0.5, 0.6) is 0 Å². The van der Waals surface area contributed by atoms with Gasteiger partial charge < -0.3 is 15.3 Å². The van der Waals surface area contributed by atoms with Gasteiger partial charge >= 0.3 is 0 Å². The van der Waals surface area contributed by atoms with Gasteiger partial charge in [-0.2, -0.15) is 0 Å². The number of hydrogen-bond donors (Lipinski definition) is 2. The van der Waals surface area contributed by atoms with E-state index in [0.29, 0.717) is 6.04 Å². The van der Waals surface area contributed by atoms with Gasteiger partial charge in [0.15, 0.2) is 5.82 Å². The van der Waals surface area contributed by atoms with E-state index < -0.39 is 0 Å². The van der Waals surface area contributed by atoms with Gasteiger partial charge in [0.2, 0.25) is 0 Å². The van der Waals surface area contributed by atoms with Crippen molar-refractivity contribution in [2.75, 3.05) is 23.3 Å². The van der Waals surface area contributed by atoms with E-state index in [4.69, 9.17) is 0 Å². The van der Waals surface area contributed by atoms with E-state index in [1.807, 2.05) is 12.3 Å². The van der Waals surface area contributed by atoms with Crippen LogP contribution in [0.25, 0.3) is 0 Å². The lowest BCUT2D eigenvalue weighted by Gasteiger charge is -2.32. The lowest BCUT2D eigenvalue weighted by molar-refractivity contribution is 0.145. The molecule has 1 fully saturated rings. The van der Waals surface area contributed by atoms with Gasteiger partial charge in [-0.3, -0.25) is 0 Å². The van der Waals surface area contributed by atoms with Gasteiger partial charge in [-0.1, -0.05) is 13.3 Å². The zero-order valence-electron chi connectivity index (χ0n) is 12.0. The lowest BCUT2D eigenvalue weighted by Crippen LogP contribution is -2.37. The largest absolute Gasteiger partial charge is 0.393 e. The van der Waals surface area contributed by atoms with Crippen molar-refractivity contribution in [3.63, 3.8) is 0 Å². The second-order valence-electron chi connectivity index (χ2n) is 5.43. The first-order valence-corrected chi connectivity index (χ1v) is 7.35. The molecule has 1 atom stereocenters. The number of aliphatic hydroxyl groups is 1. The maximum absolute atomic E-state index is 9.60. The molecule has 2 heterocycles. The predicted molar refractivity (Wildman–Crippen MR) is 79.7 cm³/mol. The molecule has 0 saturated carbocycles. The summed E-state index contributed by atoms with van der Waals surface area (Å²) in [5, 5.41) is 13.1. The normalized spacial score (nSPS) is 18.4. The van der Waals surface area contributed by atoms with Crippen LogP contribution >= 0.6 is 0 Å². The molecule has 0 aromatic carbocycles. The monoisotopic (exact) mass is 263 g/mol. The molecule has 1 aromatic heterocycles. The molecule has 0 aliphatic carbocycles. The molecule has 1 aliphatic heterocycles. The van der Waals surface area contributed by atoms with Crippen molar-refractivity contribution < 1.29 is 5.11 Å². The van der Waals surface area contributed by atoms with E-state index in [1.165, 1.54) is 6.42 Å². The molecule has 1 saturated heterocycles. The maximum Gasteiger partial charge on any atom is 0.151 e. The SMILES string of the molecule is CCCC(C)Nc1cccnc1N1CCC(O)CC1. The summed E-state index contributed by atoms with van der Waals surface area (Å²) in [5.74, 6) is 1.03. The summed E-state index contributed by atoms with van der Waals surface area (Å²) in [5.41, 5.74) is 1.11.